The Balaban J connectivity index is 2.57. The molecule has 0 radical (unpaired) electrons. The number of benzene rings is 1. The van der Waals surface area contributed by atoms with E-state index >= 15 is 0 Å². The number of rotatable bonds is 4. The molecule has 1 N–H and O–H groups in total. The molecule has 1 heterocycles. The molecule has 0 spiro atoms. The third kappa shape index (κ3) is 2.52. The van der Waals surface area contributed by atoms with Crippen LogP contribution in [0.2, 0.25) is 0 Å². The van der Waals surface area contributed by atoms with E-state index < -0.39 is 18.1 Å². The molecule has 96 valence electrons. The first kappa shape index (κ1) is 12.6. The summed E-state index contributed by atoms with van der Waals surface area (Å²) < 4.78 is 38.5. The van der Waals surface area contributed by atoms with Crippen molar-refractivity contribution in [2.45, 2.75) is 19.8 Å². The molecule has 1 aromatic heterocycles. The van der Waals surface area contributed by atoms with Crippen molar-refractivity contribution in [3.05, 3.63) is 29.8 Å². The molecule has 0 bridgehead atoms. The Hall–Kier alpha value is -1.85. The van der Waals surface area contributed by atoms with Crippen molar-refractivity contribution >= 4 is 16.7 Å². The van der Waals surface area contributed by atoms with E-state index in [1.807, 2.05) is 6.92 Å². The second kappa shape index (κ2) is 5.20. The smallest absolute Gasteiger partial charge is 0.297 e. The van der Waals surface area contributed by atoms with Crippen LogP contribution >= 0.6 is 0 Å². The van der Waals surface area contributed by atoms with E-state index in [-0.39, 0.29) is 5.82 Å². The summed E-state index contributed by atoms with van der Waals surface area (Å²) >= 11 is 0. The summed E-state index contributed by atoms with van der Waals surface area (Å²) in [6.07, 6.45) is -1.94. The lowest BCUT2D eigenvalue weighted by Gasteiger charge is -2.09. The summed E-state index contributed by atoms with van der Waals surface area (Å²) in [5.74, 6) is -0.750. The number of nitrogens with zero attached hydrogens (tertiary/aromatic N) is 2. The fraction of sp³-hybridized carbons (Fsp3) is 0.333. The van der Waals surface area contributed by atoms with Crippen LogP contribution in [0.3, 0.4) is 0 Å². The highest BCUT2D eigenvalue weighted by atomic mass is 19.3. The van der Waals surface area contributed by atoms with Gasteiger partial charge in [0.2, 0.25) is 0 Å². The Labute approximate surface area is 102 Å². The van der Waals surface area contributed by atoms with Gasteiger partial charge in [0.25, 0.3) is 6.43 Å². The van der Waals surface area contributed by atoms with Gasteiger partial charge in [0.1, 0.15) is 11.6 Å². The maximum atomic E-state index is 13.2. The summed E-state index contributed by atoms with van der Waals surface area (Å²) in [5, 5.41) is 3.32. The lowest BCUT2D eigenvalue weighted by atomic mass is 10.2. The molecule has 0 fully saturated rings. The minimum Gasteiger partial charge on any atom is -0.369 e. The third-order valence-corrected chi connectivity index (χ3v) is 2.41. The van der Waals surface area contributed by atoms with E-state index in [1.54, 1.807) is 0 Å². The van der Waals surface area contributed by atoms with Crippen molar-refractivity contribution in [1.82, 2.24) is 9.97 Å². The summed E-state index contributed by atoms with van der Waals surface area (Å²) in [5.41, 5.74) is 0.306. The predicted molar refractivity (Wildman–Crippen MR) is 63.2 cm³/mol. The number of aromatic nitrogens is 2. The van der Waals surface area contributed by atoms with Crippen LogP contribution in [0, 0.1) is 5.82 Å². The standard InChI is InChI=1S/C12H12F3N3/c1-2-5-16-11-8-6-7(13)3-4-9(8)17-12(18-11)10(14)15/h3-4,6,10H,2,5H2,1H3,(H,16,17,18). The van der Waals surface area contributed by atoms with Gasteiger partial charge in [-0.25, -0.2) is 23.1 Å². The van der Waals surface area contributed by atoms with Crippen molar-refractivity contribution in [2.75, 3.05) is 11.9 Å². The first-order valence-electron chi connectivity index (χ1n) is 5.61. The number of fused-ring (bicyclic) bond motifs is 1. The highest BCUT2D eigenvalue weighted by Gasteiger charge is 2.15. The van der Waals surface area contributed by atoms with Gasteiger partial charge in [-0.15, -0.1) is 0 Å². The van der Waals surface area contributed by atoms with Crippen LogP contribution in [-0.2, 0) is 0 Å². The lowest BCUT2D eigenvalue weighted by molar-refractivity contribution is 0.141. The van der Waals surface area contributed by atoms with Gasteiger partial charge in [-0.2, -0.15) is 0 Å². The number of nitrogens with one attached hydrogen (secondary N) is 1. The highest BCUT2D eigenvalue weighted by molar-refractivity contribution is 5.89. The third-order valence-electron chi connectivity index (χ3n) is 2.41. The highest BCUT2D eigenvalue weighted by Crippen LogP contribution is 2.25. The van der Waals surface area contributed by atoms with Crippen molar-refractivity contribution in [3.63, 3.8) is 0 Å². The fourth-order valence-corrected chi connectivity index (χ4v) is 1.59. The molecule has 0 amide bonds. The molecule has 0 atom stereocenters. The lowest BCUT2D eigenvalue weighted by Crippen LogP contribution is -2.06. The molecule has 6 heteroatoms. The number of anilines is 1. The summed E-state index contributed by atoms with van der Waals surface area (Å²) in [7, 11) is 0. The summed E-state index contributed by atoms with van der Waals surface area (Å²) in [6.45, 7) is 2.51. The molecular weight excluding hydrogens is 243 g/mol. The Morgan fingerprint density at radius 2 is 2.06 bits per heavy atom. The number of hydrogen-bond donors (Lipinski definition) is 1. The maximum Gasteiger partial charge on any atom is 0.297 e. The van der Waals surface area contributed by atoms with Crippen molar-refractivity contribution in [2.24, 2.45) is 0 Å². The van der Waals surface area contributed by atoms with Crippen molar-refractivity contribution in [3.8, 4) is 0 Å². The molecule has 18 heavy (non-hydrogen) atoms. The van der Waals surface area contributed by atoms with Crippen LogP contribution < -0.4 is 5.32 Å². The Kier molecular flexibility index (Phi) is 3.64. The SMILES string of the molecule is CCCNc1nc(C(F)F)nc2ccc(F)cc12. The Bertz CT molecular complexity index is 558. The van der Waals surface area contributed by atoms with Gasteiger partial charge in [-0.3, -0.25) is 0 Å². The molecule has 0 aliphatic heterocycles. The molecule has 0 aliphatic rings. The van der Waals surface area contributed by atoms with Gasteiger partial charge >= 0.3 is 0 Å². The van der Waals surface area contributed by atoms with Crippen LogP contribution in [0.5, 0.6) is 0 Å². The fourth-order valence-electron chi connectivity index (χ4n) is 1.59. The molecule has 0 unspecified atom stereocenters. The molecule has 0 saturated carbocycles. The first-order valence-corrected chi connectivity index (χ1v) is 5.61. The van der Waals surface area contributed by atoms with Crippen LogP contribution in [0.1, 0.15) is 25.6 Å². The maximum absolute atomic E-state index is 13.2. The minimum absolute atomic E-state index is 0.247. The van der Waals surface area contributed by atoms with E-state index in [1.165, 1.54) is 18.2 Å². The summed E-state index contributed by atoms with van der Waals surface area (Å²) in [4.78, 5) is 7.46. The molecule has 0 saturated heterocycles. The molecule has 0 aliphatic carbocycles. The molecular formula is C12H12F3N3. The first-order chi connectivity index (χ1) is 8.61. The Morgan fingerprint density at radius 1 is 1.28 bits per heavy atom. The zero-order valence-corrected chi connectivity index (χ0v) is 9.75. The van der Waals surface area contributed by atoms with Crippen LogP contribution in [0.4, 0.5) is 19.0 Å². The monoisotopic (exact) mass is 255 g/mol. The second-order valence-electron chi connectivity index (χ2n) is 3.82. The van der Waals surface area contributed by atoms with Gasteiger partial charge in [-0.1, -0.05) is 6.92 Å². The molecule has 1 aromatic carbocycles. The zero-order chi connectivity index (χ0) is 13.1. The average Bonchev–Trinajstić information content (AvgIpc) is 2.35. The van der Waals surface area contributed by atoms with E-state index in [0.717, 1.165) is 6.42 Å². The van der Waals surface area contributed by atoms with Crippen molar-refractivity contribution < 1.29 is 13.2 Å². The number of alkyl halides is 2. The van der Waals surface area contributed by atoms with Gasteiger partial charge < -0.3 is 5.32 Å². The quantitative estimate of drug-likeness (QED) is 0.908. The van der Waals surface area contributed by atoms with Crippen LogP contribution in [-0.4, -0.2) is 16.5 Å². The number of hydrogen-bond acceptors (Lipinski definition) is 3. The Morgan fingerprint density at radius 3 is 2.72 bits per heavy atom. The average molecular weight is 255 g/mol. The normalized spacial score (nSPS) is 11.2. The van der Waals surface area contributed by atoms with Crippen LogP contribution in [0.25, 0.3) is 10.9 Å². The van der Waals surface area contributed by atoms with E-state index in [4.69, 9.17) is 0 Å². The molecule has 2 aromatic rings. The van der Waals surface area contributed by atoms with E-state index in [2.05, 4.69) is 15.3 Å². The number of halogens is 3. The summed E-state index contributed by atoms with van der Waals surface area (Å²) in [6, 6.07) is 3.80. The zero-order valence-electron chi connectivity index (χ0n) is 9.75. The largest absolute Gasteiger partial charge is 0.369 e. The molecule has 2 rings (SSSR count). The van der Waals surface area contributed by atoms with Gasteiger partial charge in [0.05, 0.1) is 5.52 Å². The van der Waals surface area contributed by atoms with Gasteiger partial charge in [-0.05, 0) is 24.6 Å². The van der Waals surface area contributed by atoms with Gasteiger partial charge in [0.15, 0.2) is 5.82 Å². The van der Waals surface area contributed by atoms with Crippen molar-refractivity contribution in [1.29, 1.82) is 0 Å². The predicted octanol–water partition coefficient (Wildman–Crippen LogP) is 3.53. The molecule has 3 nitrogen and oxygen atoms in total. The van der Waals surface area contributed by atoms with E-state index in [9.17, 15) is 13.2 Å². The second-order valence-corrected chi connectivity index (χ2v) is 3.82. The van der Waals surface area contributed by atoms with E-state index in [0.29, 0.717) is 17.4 Å². The van der Waals surface area contributed by atoms with Crippen LogP contribution in [0.15, 0.2) is 18.2 Å². The van der Waals surface area contributed by atoms with Gasteiger partial charge in [0, 0.05) is 11.9 Å². The topological polar surface area (TPSA) is 37.8 Å². The minimum atomic E-state index is -2.75.